The molecule has 132 valence electrons. The zero-order valence-electron chi connectivity index (χ0n) is 14.4. The van der Waals surface area contributed by atoms with Crippen LogP contribution in [0.5, 0.6) is 0 Å². The predicted molar refractivity (Wildman–Crippen MR) is 91.5 cm³/mol. The van der Waals surface area contributed by atoms with Gasteiger partial charge in [0.1, 0.15) is 5.82 Å². The molecule has 5 heteroatoms. The summed E-state index contributed by atoms with van der Waals surface area (Å²) in [5.74, 6) is -0.441. The number of rotatable bonds is 3. The van der Waals surface area contributed by atoms with Crippen molar-refractivity contribution < 1.29 is 14.3 Å². The van der Waals surface area contributed by atoms with Crippen LogP contribution < -0.4 is 0 Å². The van der Waals surface area contributed by atoms with Gasteiger partial charge >= 0.3 is 0 Å². The summed E-state index contributed by atoms with van der Waals surface area (Å²) in [5.41, 5.74) is 0.416. The highest BCUT2D eigenvalue weighted by Gasteiger charge is 2.33. The zero-order valence-corrected chi connectivity index (χ0v) is 14.4. The Morgan fingerprint density at radius 2 is 1.83 bits per heavy atom. The Labute approximate surface area is 143 Å². The fourth-order valence-electron chi connectivity index (χ4n) is 3.80. The molecule has 1 saturated carbocycles. The minimum atomic E-state index is -0.551. The molecule has 0 unspecified atom stereocenters. The Morgan fingerprint density at radius 1 is 1.17 bits per heavy atom. The molecule has 1 saturated heterocycles. The Balaban J connectivity index is 1.54. The molecule has 0 spiro atoms. The number of nitrogens with zero attached hydrogens (tertiary/aromatic N) is 2. The topological polar surface area (TPSA) is 43.8 Å². The SMILES string of the molecule is Cc1ccc(C(=O)N2CCN(CC3(O)CCCCC3)CC2)cc1F. The van der Waals surface area contributed by atoms with Gasteiger partial charge in [-0.05, 0) is 37.5 Å². The minimum absolute atomic E-state index is 0.107. The third-order valence-corrected chi connectivity index (χ3v) is 5.38. The second kappa shape index (κ2) is 7.19. The van der Waals surface area contributed by atoms with Gasteiger partial charge in [-0.15, -0.1) is 0 Å². The van der Waals surface area contributed by atoms with Crippen molar-refractivity contribution in [3.05, 3.63) is 35.1 Å². The fourth-order valence-corrected chi connectivity index (χ4v) is 3.80. The Hall–Kier alpha value is -1.46. The third-order valence-electron chi connectivity index (χ3n) is 5.38. The maximum atomic E-state index is 13.7. The normalized spacial score (nSPS) is 21.7. The van der Waals surface area contributed by atoms with Gasteiger partial charge in [-0.1, -0.05) is 25.3 Å². The summed E-state index contributed by atoms with van der Waals surface area (Å²) in [7, 11) is 0. The summed E-state index contributed by atoms with van der Waals surface area (Å²) in [6.45, 7) is 5.19. The number of carbonyl (C=O) groups excluding carboxylic acids is 1. The number of piperazine rings is 1. The number of hydrogen-bond acceptors (Lipinski definition) is 3. The quantitative estimate of drug-likeness (QED) is 0.924. The van der Waals surface area contributed by atoms with E-state index in [0.717, 1.165) is 38.8 Å². The van der Waals surface area contributed by atoms with Gasteiger partial charge in [0.25, 0.3) is 5.91 Å². The zero-order chi connectivity index (χ0) is 17.2. The molecule has 2 aliphatic rings. The molecule has 0 atom stereocenters. The van der Waals surface area contributed by atoms with Crippen molar-refractivity contribution >= 4 is 5.91 Å². The smallest absolute Gasteiger partial charge is 0.254 e. The summed E-state index contributed by atoms with van der Waals surface area (Å²) in [4.78, 5) is 16.6. The molecule has 2 fully saturated rings. The highest BCUT2D eigenvalue weighted by atomic mass is 19.1. The van der Waals surface area contributed by atoms with Gasteiger partial charge < -0.3 is 10.0 Å². The fraction of sp³-hybridized carbons (Fsp3) is 0.632. The molecule has 1 aliphatic carbocycles. The van der Waals surface area contributed by atoms with Crippen LogP contribution in [0, 0.1) is 12.7 Å². The molecule has 1 amide bonds. The van der Waals surface area contributed by atoms with Crippen LogP contribution in [0.25, 0.3) is 0 Å². The van der Waals surface area contributed by atoms with Gasteiger partial charge in [0.2, 0.25) is 0 Å². The van der Waals surface area contributed by atoms with Crippen LogP contribution in [0.2, 0.25) is 0 Å². The van der Waals surface area contributed by atoms with E-state index in [1.165, 1.54) is 12.5 Å². The first-order valence-corrected chi connectivity index (χ1v) is 8.97. The van der Waals surface area contributed by atoms with Crippen LogP contribution in [-0.2, 0) is 0 Å². The summed E-state index contributed by atoms with van der Waals surface area (Å²) < 4.78 is 13.7. The van der Waals surface area contributed by atoms with Crippen LogP contribution in [0.3, 0.4) is 0 Å². The standard InChI is InChI=1S/C19H27FN2O2/c1-15-5-6-16(13-17(15)20)18(23)22-11-9-21(10-12-22)14-19(24)7-3-2-4-8-19/h5-6,13,24H,2-4,7-12,14H2,1H3. The maximum Gasteiger partial charge on any atom is 0.254 e. The minimum Gasteiger partial charge on any atom is -0.389 e. The number of β-amino-alcohol motifs (C(OH)–C–C–N with tert-alkyl or cyclic N) is 1. The third kappa shape index (κ3) is 3.95. The van der Waals surface area contributed by atoms with Crippen molar-refractivity contribution in [2.45, 2.75) is 44.6 Å². The van der Waals surface area contributed by atoms with Crippen LogP contribution in [0.1, 0.15) is 48.0 Å². The van der Waals surface area contributed by atoms with Crippen molar-refractivity contribution in [2.24, 2.45) is 0 Å². The van der Waals surface area contributed by atoms with E-state index in [1.54, 1.807) is 24.0 Å². The number of amides is 1. The number of hydrogen-bond donors (Lipinski definition) is 1. The first-order chi connectivity index (χ1) is 11.5. The highest BCUT2D eigenvalue weighted by molar-refractivity contribution is 5.94. The second-order valence-electron chi connectivity index (χ2n) is 7.32. The number of aryl methyl sites for hydroxylation is 1. The average Bonchev–Trinajstić information content (AvgIpc) is 2.58. The molecule has 3 rings (SSSR count). The van der Waals surface area contributed by atoms with E-state index in [0.29, 0.717) is 30.8 Å². The first-order valence-electron chi connectivity index (χ1n) is 8.97. The van der Waals surface area contributed by atoms with E-state index in [2.05, 4.69) is 4.90 Å². The molecule has 1 heterocycles. The number of carbonyl (C=O) groups is 1. The van der Waals surface area contributed by atoms with E-state index in [4.69, 9.17) is 0 Å². The lowest BCUT2D eigenvalue weighted by Crippen LogP contribution is -2.53. The molecular weight excluding hydrogens is 307 g/mol. The van der Waals surface area contributed by atoms with Gasteiger partial charge in [0.05, 0.1) is 5.60 Å². The van der Waals surface area contributed by atoms with Crippen molar-refractivity contribution in [1.29, 1.82) is 0 Å². The van der Waals surface area contributed by atoms with E-state index < -0.39 is 5.60 Å². The number of halogens is 1. The van der Waals surface area contributed by atoms with Crippen LogP contribution >= 0.6 is 0 Å². The summed E-state index contributed by atoms with van der Waals surface area (Å²) in [5, 5.41) is 10.7. The van der Waals surface area contributed by atoms with Crippen LogP contribution in [-0.4, -0.2) is 59.1 Å². The lowest BCUT2D eigenvalue weighted by molar-refractivity contribution is -0.0339. The van der Waals surface area contributed by atoms with Crippen molar-refractivity contribution in [1.82, 2.24) is 9.80 Å². The first kappa shape index (κ1) is 17.4. The van der Waals surface area contributed by atoms with E-state index in [1.807, 2.05) is 0 Å². The molecule has 1 N–H and O–H groups in total. The Morgan fingerprint density at radius 3 is 2.46 bits per heavy atom. The molecule has 1 aliphatic heterocycles. The monoisotopic (exact) mass is 334 g/mol. The van der Waals surface area contributed by atoms with Crippen LogP contribution in [0.15, 0.2) is 18.2 Å². The van der Waals surface area contributed by atoms with Gasteiger partial charge in [0, 0.05) is 38.3 Å². The molecule has 1 aromatic rings. The Kier molecular flexibility index (Phi) is 5.21. The van der Waals surface area contributed by atoms with E-state index in [-0.39, 0.29) is 11.7 Å². The van der Waals surface area contributed by atoms with Crippen molar-refractivity contribution in [3.8, 4) is 0 Å². The average molecular weight is 334 g/mol. The second-order valence-corrected chi connectivity index (χ2v) is 7.32. The lowest BCUT2D eigenvalue weighted by Gasteiger charge is -2.41. The van der Waals surface area contributed by atoms with Gasteiger partial charge in [-0.2, -0.15) is 0 Å². The largest absolute Gasteiger partial charge is 0.389 e. The van der Waals surface area contributed by atoms with E-state index in [9.17, 15) is 14.3 Å². The molecule has 0 radical (unpaired) electrons. The highest BCUT2D eigenvalue weighted by Crippen LogP contribution is 2.29. The maximum absolute atomic E-state index is 13.7. The summed E-state index contributed by atoms with van der Waals surface area (Å²) in [6, 6.07) is 4.67. The number of aliphatic hydroxyl groups is 1. The predicted octanol–water partition coefficient (Wildman–Crippen LogP) is 2.59. The van der Waals surface area contributed by atoms with Crippen molar-refractivity contribution in [3.63, 3.8) is 0 Å². The Bertz CT molecular complexity index is 591. The summed E-state index contributed by atoms with van der Waals surface area (Å²) in [6.07, 6.45) is 5.20. The van der Waals surface area contributed by atoms with Gasteiger partial charge in [-0.3, -0.25) is 9.69 Å². The van der Waals surface area contributed by atoms with Crippen molar-refractivity contribution in [2.75, 3.05) is 32.7 Å². The van der Waals surface area contributed by atoms with Crippen LogP contribution in [0.4, 0.5) is 4.39 Å². The lowest BCUT2D eigenvalue weighted by atomic mass is 9.84. The van der Waals surface area contributed by atoms with Gasteiger partial charge in [0.15, 0.2) is 0 Å². The molecule has 1 aromatic carbocycles. The molecule has 0 bridgehead atoms. The molecular formula is C19H27FN2O2. The molecule has 4 nitrogen and oxygen atoms in total. The summed E-state index contributed by atoms with van der Waals surface area (Å²) >= 11 is 0. The van der Waals surface area contributed by atoms with E-state index >= 15 is 0 Å². The molecule has 0 aromatic heterocycles. The van der Waals surface area contributed by atoms with Gasteiger partial charge in [-0.25, -0.2) is 4.39 Å². The number of benzene rings is 1. The molecule has 24 heavy (non-hydrogen) atoms.